The van der Waals surface area contributed by atoms with Crippen molar-refractivity contribution in [3.8, 4) is 0 Å². The van der Waals surface area contributed by atoms with Crippen LogP contribution in [0.25, 0.3) is 11.1 Å². The van der Waals surface area contributed by atoms with Gasteiger partial charge in [0.15, 0.2) is 5.58 Å². The number of amides is 1. The number of aromatic amines is 1. The van der Waals surface area contributed by atoms with E-state index in [2.05, 4.69) is 4.98 Å². The van der Waals surface area contributed by atoms with Crippen molar-refractivity contribution in [1.82, 2.24) is 9.88 Å². The highest BCUT2D eigenvalue weighted by Gasteiger charge is 2.33. The monoisotopic (exact) mass is 328 g/mol. The largest absolute Gasteiger partial charge is 0.417 e. The summed E-state index contributed by atoms with van der Waals surface area (Å²) in [7, 11) is 0. The second-order valence-electron chi connectivity index (χ2n) is 5.69. The minimum atomic E-state index is -0.482. The van der Waals surface area contributed by atoms with Gasteiger partial charge in [0.2, 0.25) is 0 Å². The van der Waals surface area contributed by atoms with Crippen LogP contribution in [0.1, 0.15) is 34.5 Å². The Morgan fingerprint density at radius 2 is 2.04 bits per heavy atom. The summed E-state index contributed by atoms with van der Waals surface area (Å²) in [5.41, 5.74) is 3.68. The average molecular weight is 329 g/mol. The molecule has 0 radical (unpaired) electrons. The fourth-order valence-electron chi connectivity index (χ4n) is 3.07. The van der Waals surface area contributed by atoms with Crippen LogP contribution in [0.3, 0.4) is 0 Å². The van der Waals surface area contributed by atoms with E-state index in [4.69, 9.17) is 16.0 Å². The van der Waals surface area contributed by atoms with E-state index >= 15 is 0 Å². The predicted octanol–water partition coefficient (Wildman–Crippen LogP) is 3.49. The molecule has 116 valence electrons. The number of hydrogen-bond donors (Lipinski definition) is 1. The van der Waals surface area contributed by atoms with Crippen molar-refractivity contribution >= 4 is 28.6 Å². The molecular weight excluding hydrogens is 316 g/mol. The van der Waals surface area contributed by atoms with E-state index in [0.717, 1.165) is 11.1 Å². The smallest absolute Gasteiger partial charge is 0.408 e. The van der Waals surface area contributed by atoms with E-state index in [0.29, 0.717) is 28.2 Å². The predicted molar refractivity (Wildman–Crippen MR) is 86.6 cm³/mol. The highest BCUT2D eigenvalue weighted by molar-refractivity contribution is 6.30. The van der Waals surface area contributed by atoms with Crippen molar-refractivity contribution < 1.29 is 9.21 Å². The Labute approximate surface area is 136 Å². The third-order valence-electron chi connectivity index (χ3n) is 4.26. The van der Waals surface area contributed by atoms with Gasteiger partial charge in [0.1, 0.15) is 0 Å². The number of nitrogens with one attached hydrogen (secondary N) is 1. The van der Waals surface area contributed by atoms with Crippen LogP contribution in [-0.2, 0) is 6.54 Å². The molecule has 6 heteroatoms. The van der Waals surface area contributed by atoms with E-state index in [1.165, 1.54) is 0 Å². The summed E-state index contributed by atoms with van der Waals surface area (Å²) in [5, 5.41) is 0.626. The second-order valence-corrected chi connectivity index (χ2v) is 6.12. The Morgan fingerprint density at radius 3 is 2.87 bits per heavy atom. The Hall–Kier alpha value is -2.53. The molecule has 1 atom stereocenters. The zero-order valence-corrected chi connectivity index (χ0v) is 13.1. The van der Waals surface area contributed by atoms with Gasteiger partial charge in [-0.15, -0.1) is 0 Å². The molecule has 1 N–H and O–H groups in total. The second kappa shape index (κ2) is 4.99. The first-order chi connectivity index (χ1) is 11.0. The summed E-state index contributed by atoms with van der Waals surface area (Å²) in [6, 6.07) is 10.7. The Balaban J connectivity index is 1.68. The number of rotatable bonds is 2. The van der Waals surface area contributed by atoms with Crippen molar-refractivity contribution in [1.29, 1.82) is 0 Å². The molecule has 0 spiro atoms. The zero-order valence-electron chi connectivity index (χ0n) is 12.3. The van der Waals surface area contributed by atoms with Crippen LogP contribution in [-0.4, -0.2) is 15.8 Å². The molecule has 2 aromatic carbocycles. The van der Waals surface area contributed by atoms with Gasteiger partial charge in [-0.2, -0.15) is 0 Å². The van der Waals surface area contributed by atoms with E-state index in [-0.39, 0.29) is 11.9 Å². The van der Waals surface area contributed by atoms with Crippen LogP contribution >= 0.6 is 11.6 Å². The molecule has 0 bridgehead atoms. The number of fused-ring (bicyclic) bond motifs is 2. The summed E-state index contributed by atoms with van der Waals surface area (Å²) in [6.45, 7) is 2.42. The quantitative estimate of drug-likeness (QED) is 0.783. The van der Waals surface area contributed by atoms with E-state index in [9.17, 15) is 9.59 Å². The first kappa shape index (κ1) is 14.1. The van der Waals surface area contributed by atoms with Crippen molar-refractivity contribution in [3.05, 3.63) is 68.7 Å². The first-order valence-corrected chi connectivity index (χ1v) is 7.63. The van der Waals surface area contributed by atoms with Gasteiger partial charge in [-0.1, -0.05) is 17.7 Å². The number of aromatic nitrogens is 1. The maximum Gasteiger partial charge on any atom is 0.417 e. The highest BCUT2D eigenvalue weighted by Crippen LogP contribution is 2.36. The molecule has 1 unspecified atom stereocenters. The van der Waals surface area contributed by atoms with Gasteiger partial charge in [-0.3, -0.25) is 9.78 Å². The molecule has 1 amide bonds. The van der Waals surface area contributed by atoms with Gasteiger partial charge in [-0.05, 0) is 48.4 Å². The molecule has 2 heterocycles. The lowest BCUT2D eigenvalue weighted by Crippen LogP contribution is -2.26. The van der Waals surface area contributed by atoms with Crippen LogP contribution in [0, 0.1) is 0 Å². The number of carbonyl (C=O) groups is 1. The summed E-state index contributed by atoms with van der Waals surface area (Å²) in [6.07, 6.45) is 0. The molecule has 0 fully saturated rings. The summed E-state index contributed by atoms with van der Waals surface area (Å²) in [5.74, 6) is -0.496. The normalized spacial score (nSPS) is 17.0. The zero-order chi connectivity index (χ0) is 16.1. The number of oxazole rings is 1. The SMILES string of the molecule is CC1c2cc(Cl)ccc2C(=O)N1Cc1ccc2[nH]c(=O)oc2c1. The van der Waals surface area contributed by atoms with Crippen LogP contribution in [0.4, 0.5) is 0 Å². The summed E-state index contributed by atoms with van der Waals surface area (Å²) in [4.78, 5) is 28.2. The van der Waals surface area contributed by atoms with Crippen molar-refractivity contribution in [3.63, 3.8) is 0 Å². The molecule has 0 aliphatic carbocycles. The Bertz CT molecular complexity index is 989. The molecule has 1 aliphatic heterocycles. The molecule has 5 nitrogen and oxygen atoms in total. The first-order valence-electron chi connectivity index (χ1n) is 7.25. The lowest BCUT2D eigenvalue weighted by Gasteiger charge is -2.22. The number of nitrogens with zero attached hydrogens (tertiary/aromatic N) is 1. The van der Waals surface area contributed by atoms with Crippen LogP contribution in [0.5, 0.6) is 0 Å². The van der Waals surface area contributed by atoms with Crippen LogP contribution in [0.15, 0.2) is 45.6 Å². The standard InChI is InChI=1S/C17H13ClN2O3/c1-9-13-7-11(18)3-4-12(13)16(21)20(9)8-10-2-5-14-15(6-10)23-17(22)19-14/h2-7,9H,8H2,1H3,(H,19,22). The van der Waals surface area contributed by atoms with Crippen LogP contribution in [0.2, 0.25) is 5.02 Å². The number of hydrogen-bond acceptors (Lipinski definition) is 3. The number of H-pyrrole nitrogens is 1. The fourth-order valence-corrected chi connectivity index (χ4v) is 3.25. The Morgan fingerprint density at radius 1 is 1.22 bits per heavy atom. The lowest BCUT2D eigenvalue weighted by atomic mass is 10.1. The van der Waals surface area contributed by atoms with Gasteiger partial charge in [0.25, 0.3) is 5.91 Å². The van der Waals surface area contributed by atoms with Crippen molar-refractivity contribution in [2.75, 3.05) is 0 Å². The van der Waals surface area contributed by atoms with Gasteiger partial charge in [0, 0.05) is 17.1 Å². The molecule has 1 aliphatic rings. The van der Waals surface area contributed by atoms with E-state index < -0.39 is 5.76 Å². The minimum Gasteiger partial charge on any atom is -0.408 e. The maximum absolute atomic E-state index is 12.6. The molecule has 0 saturated carbocycles. The lowest BCUT2D eigenvalue weighted by molar-refractivity contribution is 0.0723. The number of halogens is 1. The maximum atomic E-state index is 12.6. The molecule has 1 aromatic heterocycles. The Kier molecular flexibility index (Phi) is 3.06. The van der Waals surface area contributed by atoms with Crippen LogP contribution < -0.4 is 5.76 Å². The van der Waals surface area contributed by atoms with Gasteiger partial charge >= 0.3 is 5.76 Å². The molecule has 0 saturated heterocycles. The molecular formula is C17H13ClN2O3. The number of benzene rings is 2. The summed E-state index contributed by atoms with van der Waals surface area (Å²) < 4.78 is 5.07. The fraction of sp³-hybridized carbons (Fsp3) is 0.176. The average Bonchev–Trinajstić information content (AvgIpc) is 2.99. The third-order valence-corrected chi connectivity index (χ3v) is 4.50. The van der Waals surface area contributed by atoms with E-state index in [1.807, 2.05) is 19.1 Å². The number of carbonyl (C=O) groups excluding carboxylic acids is 1. The molecule has 4 rings (SSSR count). The topological polar surface area (TPSA) is 66.3 Å². The molecule has 3 aromatic rings. The van der Waals surface area contributed by atoms with E-state index in [1.54, 1.807) is 29.2 Å². The van der Waals surface area contributed by atoms with Crippen molar-refractivity contribution in [2.24, 2.45) is 0 Å². The third kappa shape index (κ3) is 2.24. The molecule has 23 heavy (non-hydrogen) atoms. The van der Waals surface area contributed by atoms with Crippen molar-refractivity contribution in [2.45, 2.75) is 19.5 Å². The van der Waals surface area contributed by atoms with Gasteiger partial charge < -0.3 is 9.32 Å². The van der Waals surface area contributed by atoms with Gasteiger partial charge in [0.05, 0.1) is 11.6 Å². The highest BCUT2D eigenvalue weighted by atomic mass is 35.5. The minimum absolute atomic E-state index is 0.0141. The van der Waals surface area contributed by atoms with Gasteiger partial charge in [-0.25, -0.2) is 4.79 Å². The summed E-state index contributed by atoms with van der Waals surface area (Å²) >= 11 is 6.04.